The van der Waals surface area contributed by atoms with E-state index in [4.69, 9.17) is 4.74 Å². The molecule has 0 aromatic heterocycles. The van der Waals surface area contributed by atoms with E-state index in [0.717, 1.165) is 19.3 Å². The van der Waals surface area contributed by atoms with Crippen LogP contribution in [0.1, 0.15) is 50.4 Å². The molecule has 0 aliphatic carbocycles. The third-order valence-electron chi connectivity index (χ3n) is 3.78. The standard InChI is InChI=1S/C17H25NO4/c1-5-6-7-12-22-14-10-8-13(9-11-14)15(19)18(4)17(2,3)16(20)21/h8-11H,5-7,12H2,1-4H3,(H,20,21). The molecule has 0 aliphatic heterocycles. The summed E-state index contributed by atoms with van der Waals surface area (Å²) in [7, 11) is 1.49. The number of carboxylic acid groups (broad SMARTS) is 1. The molecule has 0 radical (unpaired) electrons. The largest absolute Gasteiger partial charge is 0.494 e. The molecule has 1 rings (SSSR count). The second-order valence-corrected chi connectivity index (χ2v) is 5.81. The van der Waals surface area contributed by atoms with Crippen LogP contribution in [0.5, 0.6) is 5.75 Å². The van der Waals surface area contributed by atoms with Crippen molar-refractivity contribution in [3.8, 4) is 5.75 Å². The summed E-state index contributed by atoms with van der Waals surface area (Å²) in [5.74, 6) is -0.656. The van der Waals surface area contributed by atoms with Crippen LogP contribution in [0.15, 0.2) is 24.3 Å². The first-order valence-electron chi connectivity index (χ1n) is 7.55. The lowest BCUT2D eigenvalue weighted by Gasteiger charge is -2.31. The Morgan fingerprint density at radius 3 is 2.27 bits per heavy atom. The molecule has 1 aromatic rings. The third-order valence-corrected chi connectivity index (χ3v) is 3.78. The second kappa shape index (κ2) is 7.82. The summed E-state index contributed by atoms with van der Waals surface area (Å²) in [4.78, 5) is 24.8. The molecular formula is C17H25NO4. The van der Waals surface area contributed by atoms with Crippen molar-refractivity contribution in [3.63, 3.8) is 0 Å². The second-order valence-electron chi connectivity index (χ2n) is 5.81. The van der Waals surface area contributed by atoms with Gasteiger partial charge in [-0.15, -0.1) is 0 Å². The number of amides is 1. The molecule has 1 N–H and O–H groups in total. The van der Waals surface area contributed by atoms with Crippen molar-refractivity contribution in [2.24, 2.45) is 0 Å². The number of rotatable bonds is 8. The quantitative estimate of drug-likeness (QED) is 0.749. The van der Waals surface area contributed by atoms with E-state index in [1.807, 2.05) is 0 Å². The molecule has 0 fully saturated rings. The minimum Gasteiger partial charge on any atom is -0.494 e. The van der Waals surface area contributed by atoms with Crippen LogP contribution in [0, 0.1) is 0 Å². The SMILES string of the molecule is CCCCCOc1ccc(C(=O)N(C)C(C)(C)C(=O)O)cc1. The molecule has 0 saturated heterocycles. The molecule has 0 atom stereocenters. The highest BCUT2D eigenvalue weighted by Gasteiger charge is 2.35. The lowest BCUT2D eigenvalue weighted by Crippen LogP contribution is -2.50. The molecule has 0 spiro atoms. The number of unbranched alkanes of at least 4 members (excludes halogenated alkanes) is 2. The maximum absolute atomic E-state index is 12.3. The van der Waals surface area contributed by atoms with Crippen molar-refractivity contribution in [2.75, 3.05) is 13.7 Å². The number of nitrogens with zero attached hydrogens (tertiary/aromatic N) is 1. The normalized spacial score (nSPS) is 11.1. The molecule has 122 valence electrons. The lowest BCUT2D eigenvalue weighted by atomic mass is 10.0. The van der Waals surface area contributed by atoms with Gasteiger partial charge in [0, 0.05) is 12.6 Å². The number of benzene rings is 1. The summed E-state index contributed by atoms with van der Waals surface area (Å²) in [5, 5.41) is 9.18. The fourth-order valence-electron chi connectivity index (χ4n) is 1.83. The van der Waals surface area contributed by atoms with Crippen LogP contribution >= 0.6 is 0 Å². The van der Waals surface area contributed by atoms with Gasteiger partial charge in [-0.05, 0) is 44.5 Å². The van der Waals surface area contributed by atoms with Crippen LogP contribution in [0.25, 0.3) is 0 Å². The van der Waals surface area contributed by atoms with Gasteiger partial charge in [0.2, 0.25) is 0 Å². The average molecular weight is 307 g/mol. The summed E-state index contributed by atoms with van der Waals surface area (Å²) < 4.78 is 5.59. The molecule has 0 unspecified atom stereocenters. The summed E-state index contributed by atoms with van der Waals surface area (Å²) in [6.07, 6.45) is 3.28. The van der Waals surface area contributed by atoms with Crippen molar-refractivity contribution in [3.05, 3.63) is 29.8 Å². The van der Waals surface area contributed by atoms with E-state index in [-0.39, 0.29) is 5.91 Å². The highest BCUT2D eigenvalue weighted by Crippen LogP contribution is 2.19. The Morgan fingerprint density at radius 1 is 1.18 bits per heavy atom. The van der Waals surface area contributed by atoms with E-state index in [9.17, 15) is 14.7 Å². The van der Waals surface area contributed by atoms with Gasteiger partial charge in [0.05, 0.1) is 6.61 Å². The van der Waals surface area contributed by atoms with Gasteiger partial charge in [-0.3, -0.25) is 4.79 Å². The van der Waals surface area contributed by atoms with Crippen LogP contribution in [-0.2, 0) is 4.79 Å². The van der Waals surface area contributed by atoms with E-state index in [1.54, 1.807) is 24.3 Å². The number of carboxylic acids is 1. The summed E-state index contributed by atoms with van der Waals surface area (Å²) >= 11 is 0. The molecule has 1 aromatic carbocycles. The molecule has 0 heterocycles. The van der Waals surface area contributed by atoms with Gasteiger partial charge < -0.3 is 14.7 Å². The van der Waals surface area contributed by atoms with Gasteiger partial charge in [0.15, 0.2) is 0 Å². The highest BCUT2D eigenvalue weighted by atomic mass is 16.5. The number of carbonyl (C=O) groups is 2. The lowest BCUT2D eigenvalue weighted by molar-refractivity contribution is -0.147. The molecule has 1 amide bonds. The summed E-state index contributed by atoms with van der Waals surface area (Å²) in [6.45, 7) is 5.79. The molecule has 22 heavy (non-hydrogen) atoms. The zero-order chi connectivity index (χ0) is 16.8. The van der Waals surface area contributed by atoms with Crippen LogP contribution in [0.2, 0.25) is 0 Å². The van der Waals surface area contributed by atoms with Crippen molar-refractivity contribution in [1.29, 1.82) is 0 Å². The zero-order valence-corrected chi connectivity index (χ0v) is 13.8. The van der Waals surface area contributed by atoms with Gasteiger partial charge in [-0.2, -0.15) is 0 Å². The monoisotopic (exact) mass is 307 g/mol. The number of likely N-dealkylation sites (N-methyl/N-ethyl adjacent to an activating group) is 1. The molecule has 0 aliphatic rings. The first-order valence-corrected chi connectivity index (χ1v) is 7.55. The van der Waals surface area contributed by atoms with Crippen molar-refractivity contribution >= 4 is 11.9 Å². The average Bonchev–Trinajstić information content (AvgIpc) is 2.50. The van der Waals surface area contributed by atoms with E-state index in [1.165, 1.54) is 25.8 Å². The van der Waals surface area contributed by atoms with E-state index >= 15 is 0 Å². The van der Waals surface area contributed by atoms with E-state index in [2.05, 4.69) is 6.92 Å². The van der Waals surface area contributed by atoms with Crippen LogP contribution < -0.4 is 4.74 Å². The molecule has 5 nitrogen and oxygen atoms in total. The Kier molecular flexibility index (Phi) is 6.40. The number of ether oxygens (including phenoxy) is 1. The van der Waals surface area contributed by atoms with Crippen molar-refractivity contribution in [2.45, 2.75) is 45.6 Å². The van der Waals surface area contributed by atoms with Crippen LogP contribution in [-0.4, -0.2) is 41.1 Å². The number of carbonyl (C=O) groups excluding carboxylic acids is 1. The molecule has 0 bridgehead atoms. The Labute approximate surface area is 131 Å². The number of aliphatic carboxylic acids is 1. The smallest absolute Gasteiger partial charge is 0.329 e. The van der Waals surface area contributed by atoms with E-state index < -0.39 is 11.5 Å². The predicted molar refractivity (Wildman–Crippen MR) is 85.3 cm³/mol. The fourth-order valence-corrected chi connectivity index (χ4v) is 1.83. The Morgan fingerprint density at radius 2 is 1.77 bits per heavy atom. The number of hydrogen-bond acceptors (Lipinski definition) is 3. The summed E-state index contributed by atoms with van der Waals surface area (Å²) in [6, 6.07) is 6.79. The number of hydrogen-bond donors (Lipinski definition) is 1. The Bertz CT molecular complexity index is 508. The van der Waals surface area contributed by atoms with Crippen LogP contribution in [0.4, 0.5) is 0 Å². The van der Waals surface area contributed by atoms with Gasteiger partial charge in [0.25, 0.3) is 5.91 Å². The van der Waals surface area contributed by atoms with E-state index in [0.29, 0.717) is 17.9 Å². The highest BCUT2D eigenvalue weighted by molar-refractivity contribution is 5.97. The predicted octanol–water partition coefficient (Wildman–Crippen LogP) is 3.19. The molecule has 5 heteroatoms. The van der Waals surface area contributed by atoms with Gasteiger partial charge >= 0.3 is 5.97 Å². The fraction of sp³-hybridized carbons (Fsp3) is 0.529. The third kappa shape index (κ3) is 4.48. The Balaban J connectivity index is 2.70. The van der Waals surface area contributed by atoms with Gasteiger partial charge in [-0.25, -0.2) is 4.79 Å². The van der Waals surface area contributed by atoms with Crippen LogP contribution in [0.3, 0.4) is 0 Å². The minimum absolute atomic E-state index is 0.329. The van der Waals surface area contributed by atoms with Crippen molar-refractivity contribution < 1.29 is 19.4 Å². The van der Waals surface area contributed by atoms with Crippen molar-refractivity contribution in [1.82, 2.24) is 4.90 Å². The first kappa shape index (κ1) is 18.0. The molecular weight excluding hydrogens is 282 g/mol. The molecule has 0 saturated carbocycles. The maximum Gasteiger partial charge on any atom is 0.329 e. The van der Waals surface area contributed by atoms with Gasteiger partial charge in [-0.1, -0.05) is 19.8 Å². The maximum atomic E-state index is 12.3. The minimum atomic E-state index is -1.26. The van der Waals surface area contributed by atoms with Gasteiger partial charge in [0.1, 0.15) is 11.3 Å². The first-order chi connectivity index (χ1) is 10.3. The topological polar surface area (TPSA) is 66.8 Å². The zero-order valence-electron chi connectivity index (χ0n) is 13.8. The summed E-state index contributed by atoms with van der Waals surface area (Å²) in [5.41, 5.74) is -0.815. The Hall–Kier alpha value is -2.04.